The molecule has 2 heterocycles. The van der Waals surface area contributed by atoms with E-state index in [4.69, 9.17) is 0 Å². The zero-order valence-corrected chi connectivity index (χ0v) is 16.0. The van der Waals surface area contributed by atoms with Gasteiger partial charge in [-0.25, -0.2) is 9.97 Å². The maximum Gasteiger partial charge on any atom is 0.156 e. The summed E-state index contributed by atoms with van der Waals surface area (Å²) < 4.78 is 0. The lowest BCUT2D eigenvalue weighted by atomic mass is 9.80. The topological polar surface area (TPSA) is 79.1 Å². The van der Waals surface area contributed by atoms with Crippen molar-refractivity contribution in [1.29, 1.82) is 0 Å². The molecule has 2 rings (SSSR count). The smallest absolute Gasteiger partial charge is 0.156 e. The molecule has 0 unspecified atom stereocenters. The van der Waals surface area contributed by atoms with Crippen molar-refractivity contribution < 1.29 is 10.2 Å². The lowest BCUT2D eigenvalue weighted by Crippen LogP contribution is -2.23. The minimum absolute atomic E-state index is 0.00617. The van der Waals surface area contributed by atoms with Crippen LogP contribution < -0.4 is 0 Å². The van der Waals surface area contributed by atoms with E-state index >= 15 is 0 Å². The predicted molar refractivity (Wildman–Crippen MR) is 98.3 cm³/mol. The predicted octanol–water partition coefficient (Wildman–Crippen LogP) is 3.24. The number of aliphatic hydroxyl groups excluding tert-OH is 2. The molecule has 136 valence electrons. The summed E-state index contributed by atoms with van der Waals surface area (Å²) in [5.41, 5.74) is 3.57. The van der Waals surface area contributed by atoms with Gasteiger partial charge in [-0.15, -0.1) is 0 Å². The van der Waals surface area contributed by atoms with E-state index in [-0.39, 0.29) is 17.4 Å². The van der Waals surface area contributed by atoms with Crippen LogP contribution in [-0.2, 0) is 23.9 Å². The summed E-state index contributed by atoms with van der Waals surface area (Å²) in [5.74, 6) is 0.426. The number of rotatable bonds is 5. The molecule has 0 fully saturated rings. The van der Waals surface area contributed by atoms with E-state index in [2.05, 4.69) is 55.6 Å². The first kappa shape index (κ1) is 19.5. The van der Waals surface area contributed by atoms with Crippen molar-refractivity contribution in [3.63, 3.8) is 0 Å². The summed E-state index contributed by atoms with van der Waals surface area (Å²) in [6, 6.07) is 4.09. The quantitative estimate of drug-likeness (QED) is 0.871. The minimum Gasteiger partial charge on any atom is -0.390 e. The largest absolute Gasteiger partial charge is 0.390 e. The van der Waals surface area contributed by atoms with Crippen LogP contribution >= 0.6 is 0 Å². The SMILES string of the molecule is C[C@@H](O)c1ncc(C(C)(C)Cc2cc(C(C)(C)C)cc(CO)n2)cn1. The standard InChI is InChI=1S/C20H29N3O2/c1-13(25)18-21-10-15(11-22-18)20(5,6)9-16-7-14(19(2,3)4)8-17(12-24)23-16/h7-8,10-11,13,24-25H,9,12H2,1-6H3/t13-/m1/s1. The lowest BCUT2D eigenvalue weighted by Gasteiger charge is -2.26. The maximum absolute atomic E-state index is 9.56. The summed E-state index contributed by atoms with van der Waals surface area (Å²) >= 11 is 0. The van der Waals surface area contributed by atoms with E-state index in [0.29, 0.717) is 17.9 Å². The second-order valence-corrected chi connectivity index (χ2v) is 8.31. The van der Waals surface area contributed by atoms with E-state index in [9.17, 15) is 10.2 Å². The fourth-order valence-electron chi connectivity index (χ4n) is 2.71. The molecule has 25 heavy (non-hydrogen) atoms. The number of aliphatic hydroxyl groups is 2. The molecule has 1 atom stereocenters. The molecule has 5 heteroatoms. The molecule has 2 N–H and O–H groups in total. The molecule has 2 aromatic heterocycles. The molecule has 0 aliphatic carbocycles. The van der Waals surface area contributed by atoms with Crippen LogP contribution in [-0.4, -0.2) is 25.2 Å². The molecule has 0 aliphatic rings. The first-order chi connectivity index (χ1) is 11.5. The molecule has 0 aliphatic heterocycles. The van der Waals surface area contributed by atoms with Gasteiger partial charge >= 0.3 is 0 Å². The average Bonchev–Trinajstić information content (AvgIpc) is 2.53. The van der Waals surface area contributed by atoms with Crippen molar-refractivity contribution in [2.45, 2.75) is 71.5 Å². The van der Waals surface area contributed by atoms with Crippen molar-refractivity contribution in [2.75, 3.05) is 0 Å². The van der Waals surface area contributed by atoms with Crippen molar-refractivity contribution in [1.82, 2.24) is 15.0 Å². The number of aromatic nitrogens is 3. The van der Waals surface area contributed by atoms with Gasteiger partial charge in [0.05, 0.1) is 12.3 Å². The Kier molecular flexibility index (Phi) is 5.59. The highest BCUT2D eigenvalue weighted by molar-refractivity contribution is 5.30. The van der Waals surface area contributed by atoms with Crippen LogP contribution in [0.25, 0.3) is 0 Å². The molecule has 0 aromatic carbocycles. The van der Waals surface area contributed by atoms with E-state index in [0.717, 1.165) is 16.8 Å². The van der Waals surface area contributed by atoms with E-state index in [1.54, 1.807) is 19.3 Å². The lowest BCUT2D eigenvalue weighted by molar-refractivity contribution is 0.188. The molecule has 0 spiro atoms. The van der Waals surface area contributed by atoms with Gasteiger partial charge in [-0.05, 0) is 47.4 Å². The first-order valence-corrected chi connectivity index (χ1v) is 8.64. The third kappa shape index (κ3) is 4.83. The molecule has 2 aromatic rings. The normalized spacial score (nSPS) is 13.8. The molecule has 0 bridgehead atoms. The van der Waals surface area contributed by atoms with E-state index in [1.165, 1.54) is 0 Å². The summed E-state index contributed by atoms with van der Waals surface area (Å²) in [6.45, 7) is 12.3. The highest BCUT2D eigenvalue weighted by Crippen LogP contribution is 2.29. The number of hydrogen-bond acceptors (Lipinski definition) is 5. The molecule has 0 saturated heterocycles. The van der Waals surface area contributed by atoms with Crippen molar-refractivity contribution >= 4 is 0 Å². The van der Waals surface area contributed by atoms with Crippen LogP contribution in [0, 0.1) is 0 Å². The zero-order chi connectivity index (χ0) is 18.8. The Hall–Kier alpha value is -1.85. The van der Waals surface area contributed by atoms with Gasteiger partial charge in [0.25, 0.3) is 0 Å². The molecular formula is C20H29N3O2. The van der Waals surface area contributed by atoms with Gasteiger partial charge in [0.1, 0.15) is 6.10 Å². The van der Waals surface area contributed by atoms with Gasteiger partial charge in [0, 0.05) is 18.1 Å². The summed E-state index contributed by atoms with van der Waals surface area (Å²) in [7, 11) is 0. The summed E-state index contributed by atoms with van der Waals surface area (Å²) in [4.78, 5) is 13.1. The van der Waals surface area contributed by atoms with Crippen LogP contribution in [0.1, 0.15) is 76.0 Å². The zero-order valence-electron chi connectivity index (χ0n) is 16.0. The Bertz CT molecular complexity index is 717. The van der Waals surface area contributed by atoms with Gasteiger partial charge < -0.3 is 10.2 Å². The Morgan fingerprint density at radius 2 is 1.52 bits per heavy atom. The Morgan fingerprint density at radius 1 is 0.960 bits per heavy atom. The number of hydrogen-bond donors (Lipinski definition) is 2. The average molecular weight is 343 g/mol. The second-order valence-electron chi connectivity index (χ2n) is 8.31. The summed E-state index contributed by atoms with van der Waals surface area (Å²) in [6.07, 6.45) is 3.58. The van der Waals surface area contributed by atoms with Gasteiger partial charge in [-0.2, -0.15) is 0 Å². The minimum atomic E-state index is -0.672. The number of pyridine rings is 1. The van der Waals surface area contributed by atoms with Crippen LogP contribution in [0.4, 0.5) is 0 Å². The third-order valence-electron chi connectivity index (χ3n) is 4.41. The van der Waals surface area contributed by atoms with Crippen molar-refractivity contribution in [3.05, 3.63) is 52.9 Å². The molecule has 0 amide bonds. The van der Waals surface area contributed by atoms with Crippen molar-refractivity contribution in [3.8, 4) is 0 Å². The van der Waals surface area contributed by atoms with Gasteiger partial charge in [-0.3, -0.25) is 4.98 Å². The van der Waals surface area contributed by atoms with Crippen LogP contribution in [0.5, 0.6) is 0 Å². The Balaban J connectivity index is 2.33. The Morgan fingerprint density at radius 3 is 2.00 bits per heavy atom. The molecular weight excluding hydrogens is 314 g/mol. The molecule has 0 radical (unpaired) electrons. The summed E-state index contributed by atoms with van der Waals surface area (Å²) in [5, 5.41) is 19.1. The molecule has 0 saturated carbocycles. The monoisotopic (exact) mass is 343 g/mol. The van der Waals surface area contributed by atoms with Crippen molar-refractivity contribution in [2.24, 2.45) is 0 Å². The molecule has 5 nitrogen and oxygen atoms in total. The highest BCUT2D eigenvalue weighted by atomic mass is 16.3. The third-order valence-corrected chi connectivity index (χ3v) is 4.41. The number of nitrogens with zero attached hydrogens (tertiary/aromatic N) is 3. The van der Waals surface area contributed by atoms with E-state index < -0.39 is 6.10 Å². The first-order valence-electron chi connectivity index (χ1n) is 8.64. The fraction of sp³-hybridized carbons (Fsp3) is 0.550. The van der Waals surface area contributed by atoms with Gasteiger partial charge in [-0.1, -0.05) is 34.6 Å². The van der Waals surface area contributed by atoms with Crippen LogP contribution in [0.2, 0.25) is 0 Å². The van der Waals surface area contributed by atoms with Gasteiger partial charge in [0.15, 0.2) is 5.82 Å². The fourth-order valence-corrected chi connectivity index (χ4v) is 2.71. The second kappa shape index (κ2) is 7.18. The van der Waals surface area contributed by atoms with E-state index in [1.807, 2.05) is 6.07 Å². The maximum atomic E-state index is 9.56. The van der Waals surface area contributed by atoms with Gasteiger partial charge in [0.2, 0.25) is 0 Å². The Labute approximate surface area is 150 Å². The van der Waals surface area contributed by atoms with Crippen LogP contribution in [0.3, 0.4) is 0 Å². The van der Waals surface area contributed by atoms with Crippen LogP contribution in [0.15, 0.2) is 24.5 Å². The highest BCUT2D eigenvalue weighted by Gasteiger charge is 2.25.